The highest BCUT2D eigenvalue weighted by atomic mass is 19.1. The van der Waals surface area contributed by atoms with Crippen molar-refractivity contribution >= 4 is 22.6 Å². The van der Waals surface area contributed by atoms with E-state index in [0.717, 1.165) is 10.9 Å². The summed E-state index contributed by atoms with van der Waals surface area (Å²) < 4.78 is 29.9. The summed E-state index contributed by atoms with van der Waals surface area (Å²) in [6, 6.07) is 17.7. The van der Waals surface area contributed by atoms with Crippen LogP contribution in [0.2, 0.25) is 0 Å². The maximum absolute atomic E-state index is 13.1. The largest absolute Gasteiger partial charge is 0.493 e. The van der Waals surface area contributed by atoms with E-state index in [2.05, 4.69) is 15.6 Å². The summed E-state index contributed by atoms with van der Waals surface area (Å²) >= 11 is 0. The van der Waals surface area contributed by atoms with Gasteiger partial charge in [0.15, 0.2) is 11.5 Å². The second-order valence-corrected chi connectivity index (χ2v) is 7.53. The van der Waals surface area contributed by atoms with Gasteiger partial charge in [-0.05, 0) is 61.0 Å². The molecule has 1 atom stereocenters. The van der Waals surface area contributed by atoms with Crippen LogP contribution in [0.25, 0.3) is 10.9 Å². The van der Waals surface area contributed by atoms with E-state index in [9.17, 15) is 9.18 Å². The first-order chi connectivity index (χ1) is 16.5. The number of halogens is 1. The second-order valence-electron chi connectivity index (χ2n) is 7.53. The van der Waals surface area contributed by atoms with E-state index < -0.39 is 0 Å². The summed E-state index contributed by atoms with van der Waals surface area (Å²) in [6.07, 6.45) is 1.66. The van der Waals surface area contributed by atoms with Crippen LogP contribution in [0.4, 0.5) is 14.9 Å². The van der Waals surface area contributed by atoms with Gasteiger partial charge in [-0.1, -0.05) is 12.1 Å². The first-order valence-electron chi connectivity index (χ1n) is 10.6. The molecule has 8 heteroatoms. The Labute approximate surface area is 196 Å². The Morgan fingerprint density at radius 1 is 0.912 bits per heavy atom. The lowest BCUT2D eigenvalue weighted by molar-refractivity contribution is 0.249. The Morgan fingerprint density at radius 2 is 1.59 bits per heavy atom. The number of carbonyl (C=O) groups excluding carboxylic acids is 1. The van der Waals surface area contributed by atoms with Crippen LogP contribution >= 0.6 is 0 Å². The predicted molar refractivity (Wildman–Crippen MR) is 128 cm³/mol. The van der Waals surface area contributed by atoms with Gasteiger partial charge in [0.25, 0.3) is 0 Å². The van der Waals surface area contributed by atoms with Crippen molar-refractivity contribution in [2.45, 2.75) is 13.0 Å². The van der Waals surface area contributed by atoms with Crippen LogP contribution in [0.15, 0.2) is 72.9 Å². The van der Waals surface area contributed by atoms with Crippen LogP contribution in [0.1, 0.15) is 18.5 Å². The van der Waals surface area contributed by atoms with E-state index in [1.54, 1.807) is 68.9 Å². The zero-order valence-electron chi connectivity index (χ0n) is 19.0. The first kappa shape index (κ1) is 22.8. The fourth-order valence-electron chi connectivity index (χ4n) is 3.47. The standard InChI is InChI=1S/C26H24FN3O4/c1-16(17-4-6-18(27)7-5-17)29-26(31)30-19-8-10-20(11-9-19)34-23-12-13-28-22-15-25(33-3)24(32-2)14-21(22)23/h4-16H,1-3H3,(H2,29,30,31). The third-order valence-corrected chi connectivity index (χ3v) is 5.26. The Bertz CT molecular complexity index is 1290. The van der Waals surface area contributed by atoms with Gasteiger partial charge >= 0.3 is 6.03 Å². The maximum Gasteiger partial charge on any atom is 0.319 e. The number of methoxy groups -OCH3 is 2. The number of hydrogen-bond donors (Lipinski definition) is 2. The molecule has 1 aromatic heterocycles. The van der Waals surface area contributed by atoms with Crippen LogP contribution in [0.3, 0.4) is 0 Å². The minimum atomic E-state index is -0.369. The molecule has 0 aliphatic carbocycles. The van der Waals surface area contributed by atoms with Crippen molar-refractivity contribution < 1.29 is 23.4 Å². The lowest BCUT2D eigenvalue weighted by Gasteiger charge is -2.15. The summed E-state index contributed by atoms with van der Waals surface area (Å²) in [4.78, 5) is 16.7. The van der Waals surface area contributed by atoms with Gasteiger partial charge < -0.3 is 24.8 Å². The Hall–Kier alpha value is -4.33. The molecule has 0 saturated heterocycles. The van der Waals surface area contributed by atoms with Gasteiger partial charge in [0.1, 0.15) is 17.3 Å². The van der Waals surface area contributed by atoms with Gasteiger partial charge in [-0.2, -0.15) is 0 Å². The smallest absolute Gasteiger partial charge is 0.319 e. The van der Waals surface area contributed by atoms with Crippen LogP contribution in [-0.2, 0) is 0 Å². The molecule has 0 saturated carbocycles. The molecule has 0 aliphatic heterocycles. The molecule has 4 rings (SSSR count). The van der Waals surface area contributed by atoms with Crippen molar-refractivity contribution in [1.29, 1.82) is 0 Å². The van der Waals surface area contributed by atoms with Crippen molar-refractivity contribution in [3.8, 4) is 23.0 Å². The average Bonchev–Trinajstić information content (AvgIpc) is 2.84. The highest BCUT2D eigenvalue weighted by Crippen LogP contribution is 2.37. The molecule has 1 unspecified atom stereocenters. The zero-order chi connectivity index (χ0) is 24.1. The molecule has 4 aromatic rings. The lowest BCUT2D eigenvalue weighted by Crippen LogP contribution is -2.31. The fraction of sp³-hybridized carbons (Fsp3) is 0.154. The second kappa shape index (κ2) is 10.1. The number of anilines is 1. The third-order valence-electron chi connectivity index (χ3n) is 5.26. The van der Waals surface area contributed by atoms with Gasteiger partial charge in [0, 0.05) is 23.3 Å². The van der Waals surface area contributed by atoms with Crippen molar-refractivity contribution in [2.24, 2.45) is 0 Å². The summed E-state index contributed by atoms with van der Waals surface area (Å²) in [6.45, 7) is 1.83. The Kier molecular flexibility index (Phi) is 6.77. The van der Waals surface area contributed by atoms with E-state index >= 15 is 0 Å². The highest BCUT2D eigenvalue weighted by molar-refractivity contribution is 5.90. The highest BCUT2D eigenvalue weighted by Gasteiger charge is 2.12. The number of amides is 2. The number of rotatable bonds is 7. The molecule has 0 radical (unpaired) electrons. The summed E-state index contributed by atoms with van der Waals surface area (Å²) in [5.74, 6) is 2.04. The molecule has 2 N–H and O–H groups in total. The SMILES string of the molecule is COc1cc2nccc(Oc3ccc(NC(=O)NC(C)c4ccc(F)cc4)cc3)c2cc1OC. The molecule has 34 heavy (non-hydrogen) atoms. The van der Waals surface area contributed by atoms with E-state index in [0.29, 0.717) is 34.2 Å². The van der Waals surface area contributed by atoms with Crippen LogP contribution in [-0.4, -0.2) is 25.2 Å². The number of fused-ring (bicyclic) bond motifs is 1. The van der Waals surface area contributed by atoms with Gasteiger partial charge in [-0.15, -0.1) is 0 Å². The molecule has 7 nitrogen and oxygen atoms in total. The molecular formula is C26H24FN3O4. The number of hydrogen-bond acceptors (Lipinski definition) is 5. The minimum Gasteiger partial charge on any atom is -0.493 e. The molecule has 1 heterocycles. The van der Waals surface area contributed by atoms with Crippen molar-refractivity contribution in [3.63, 3.8) is 0 Å². The summed E-state index contributed by atoms with van der Waals surface area (Å²) in [5.41, 5.74) is 2.11. The average molecular weight is 461 g/mol. The van der Waals surface area contributed by atoms with Crippen molar-refractivity contribution in [3.05, 3.63) is 84.3 Å². The molecule has 2 amide bonds. The molecule has 0 fully saturated rings. The number of benzene rings is 3. The van der Waals surface area contributed by atoms with Gasteiger partial charge in [0.05, 0.1) is 25.8 Å². The van der Waals surface area contributed by atoms with Gasteiger partial charge in [0.2, 0.25) is 0 Å². The van der Waals surface area contributed by atoms with Crippen molar-refractivity contribution in [1.82, 2.24) is 10.3 Å². The number of nitrogens with one attached hydrogen (secondary N) is 2. The summed E-state index contributed by atoms with van der Waals surface area (Å²) in [5, 5.41) is 6.38. The number of aromatic nitrogens is 1. The molecule has 0 aliphatic rings. The van der Waals surface area contributed by atoms with E-state index in [4.69, 9.17) is 14.2 Å². The number of pyridine rings is 1. The van der Waals surface area contributed by atoms with Gasteiger partial charge in [-0.25, -0.2) is 9.18 Å². The quantitative estimate of drug-likeness (QED) is 0.349. The number of nitrogens with zero attached hydrogens (tertiary/aromatic N) is 1. The lowest BCUT2D eigenvalue weighted by atomic mass is 10.1. The molecule has 0 spiro atoms. The van der Waals surface area contributed by atoms with Crippen molar-refractivity contribution in [2.75, 3.05) is 19.5 Å². The monoisotopic (exact) mass is 461 g/mol. The first-order valence-corrected chi connectivity index (χ1v) is 10.6. The van der Waals surface area contributed by atoms with E-state index in [1.165, 1.54) is 12.1 Å². The third kappa shape index (κ3) is 5.17. The minimum absolute atomic E-state index is 0.279. The van der Waals surface area contributed by atoms with Crippen LogP contribution in [0.5, 0.6) is 23.0 Å². The predicted octanol–water partition coefficient (Wildman–Crippen LogP) is 6.07. The van der Waals surface area contributed by atoms with E-state index in [1.807, 2.05) is 13.0 Å². The van der Waals surface area contributed by atoms with Crippen LogP contribution < -0.4 is 24.8 Å². The van der Waals surface area contributed by atoms with Crippen LogP contribution in [0, 0.1) is 5.82 Å². The summed E-state index contributed by atoms with van der Waals surface area (Å²) in [7, 11) is 3.15. The molecule has 0 bridgehead atoms. The molecule has 3 aromatic carbocycles. The Balaban J connectivity index is 1.43. The molecule has 174 valence electrons. The zero-order valence-corrected chi connectivity index (χ0v) is 19.0. The van der Waals surface area contributed by atoms with Gasteiger partial charge in [-0.3, -0.25) is 4.98 Å². The number of urea groups is 1. The molecular weight excluding hydrogens is 437 g/mol. The number of carbonyl (C=O) groups is 1. The number of ether oxygens (including phenoxy) is 3. The Morgan fingerprint density at radius 3 is 2.26 bits per heavy atom. The topological polar surface area (TPSA) is 81.7 Å². The normalized spacial score (nSPS) is 11.5. The fourth-order valence-corrected chi connectivity index (χ4v) is 3.47. The maximum atomic E-state index is 13.1. The van der Waals surface area contributed by atoms with E-state index in [-0.39, 0.29) is 17.9 Å².